The van der Waals surface area contributed by atoms with Gasteiger partial charge in [-0.2, -0.15) is 0 Å². The Labute approximate surface area is 132 Å². The van der Waals surface area contributed by atoms with Gasteiger partial charge >= 0.3 is 5.97 Å². The molecule has 0 radical (unpaired) electrons. The van der Waals surface area contributed by atoms with Gasteiger partial charge in [-0.05, 0) is 53.5 Å². The Kier molecular flexibility index (Phi) is 4.82. The lowest BCUT2D eigenvalue weighted by molar-refractivity contribution is -0.275. The number of hydrogen-bond donors (Lipinski definition) is 1. The second-order valence-corrected chi connectivity index (χ2v) is 6.79. The highest BCUT2D eigenvalue weighted by Gasteiger charge is 2.58. The zero-order chi connectivity index (χ0) is 16.5. The van der Waals surface area contributed by atoms with E-state index < -0.39 is 17.4 Å². The second-order valence-electron chi connectivity index (χ2n) is 6.79. The molecule has 2 fully saturated rings. The lowest BCUT2D eigenvalue weighted by Gasteiger charge is -2.55. The summed E-state index contributed by atoms with van der Waals surface area (Å²) in [4.78, 5) is 25.8. The van der Waals surface area contributed by atoms with Crippen LogP contribution >= 0.6 is 0 Å². The van der Waals surface area contributed by atoms with Crippen LogP contribution in [0.4, 0.5) is 0 Å². The summed E-state index contributed by atoms with van der Waals surface area (Å²) in [5.41, 5.74) is -1.49. The molecule has 1 aliphatic carbocycles. The maximum Gasteiger partial charge on any atom is 0.304 e. The van der Waals surface area contributed by atoms with E-state index in [4.69, 9.17) is 9.47 Å². The van der Waals surface area contributed by atoms with Crippen molar-refractivity contribution in [3.05, 3.63) is 0 Å². The van der Waals surface area contributed by atoms with Crippen molar-refractivity contribution < 1.29 is 19.1 Å². The molecule has 6 heteroatoms. The summed E-state index contributed by atoms with van der Waals surface area (Å²) in [5, 5.41) is 3.29. The molecule has 1 spiro atoms. The maximum absolute atomic E-state index is 12.6. The molecular formula is C16H28N2O4. The average Bonchev–Trinajstić information content (AvgIpc) is 2.45. The first-order valence-electron chi connectivity index (χ1n) is 8.11. The van der Waals surface area contributed by atoms with Gasteiger partial charge in [0.05, 0.1) is 0 Å². The second kappa shape index (κ2) is 6.16. The quantitative estimate of drug-likeness (QED) is 0.799. The van der Waals surface area contributed by atoms with Crippen LogP contribution < -0.4 is 5.32 Å². The first-order chi connectivity index (χ1) is 10.3. The van der Waals surface area contributed by atoms with Crippen LogP contribution in [0.3, 0.4) is 0 Å². The van der Waals surface area contributed by atoms with Gasteiger partial charge in [-0.3, -0.25) is 9.59 Å². The number of nitrogens with one attached hydrogen (secondary N) is 1. The molecule has 1 saturated heterocycles. The van der Waals surface area contributed by atoms with Gasteiger partial charge in [0.1, 0.15) is 11.2 Å². The Morgan fingerprint density at radius 3 is 2.45 bits per heavy atom. The maximum atomic E-state index is 12.6. The number of rotatable bonds is 3. The van der Waals surface area contributed by atoms with E-state index in [2.05, 4.69) is 5.32 Å². The van der Waals surface area contributed by atoms with Crippen molar-refractivity contribution >= 4 is 11.9 Å². The summed E-state index contributed by atoms with van der Waals surface area (Å²) in [6.07, 6.45) is 2.79. The van der Waals surface area contributed by atoms with Crippen molar-refractivity contribution in [2.45, 2.75) is 76.9 Å². The topological polar surface area (TPSA) is 67.9 Å². The van der Waals surface area contributed by atoms with Gasteiger partial charge in [0.2, 0.25) is 6.23 Å². The van der Waals surface area contributed by atoms with Crippen LogP contribution in [0.15, 0.2) is 0 Å². The monoisotopic (exact) mass is 312 g/mol. The van der Waals surface area contributed by atoms with Crippen LogP contribution in [-0.2, 0) is 19.1 Å². The number of carbonyl (C=O) groups excluding carboxylic acids is 2. The van der Waals surface area contributed by atoms with Gasteiger partial charge in [-0.25, -0.2) is 0 Å². The molecule has 2 rings (SSSR count). The van der Waals surface area contributed by atoms with E-state index in [-0.39, 0.29) is 11.9 Å². The predicted octanol–water partition coefficient (Wildman–Crippen LogP) is 1.43. The van der Waals surface area contributed by atoms with Crippen molar-refractivity contribution in [2.24, 2.45) is 0 Å². The van der Waals surface area contributed by atoms with E-state index in [0.717, 1.165) is 25.7 Å². The highest BCUT2D eigenvalue weighted by molar-refractivity contribution is 5.86. The molecule has 22 heavy (non-hydrogen) atoms. The molecule has 0 aromatic heterocycles. The van der Waals surface area contributed by atoms with Crippen molar-refractivity contribution in [3.8, 4) is 0 Å². The van der Waals surface area contributed by atoms with Crippen LogP contribution in [0.5, 0.6) is 0 Å². The zero-order valence-electron chi connectivity index (χ0n) is 14.3. The third kappa shape index (κ3) is 2.99. The Balaban J connectivity index is 2.34. The first-order valence-corrected chi connectivity index (χ1v) is 8.11. The molecule has 126 valence electrons. The van der Waals surface area contributed by atoms with E-state index in [1.165, 1.54) is 6.92 Å². The van der Waals surface area contributed by atoms with E-state index in [9.17, 15) is 9.59 Å². The molecule has 0 aromatic carbocycles. The van der Waals surface area contributed by atoms with Gasteiger partial charge in [-0.1, -0.05) is 0 Å². The summed E-state index contributed by atoms with van der Waals surface area (Å²) in [5.74, 6) is -0.503. The smallest absolute Gasteiger partial charge is 0.304 e. The Hall–Kier alpha value is -1.14. The molecule has 0 aromatic rings. The molecule has 1 N–H and O–H groups in total. The first kappa shape index (κ1) is 17.2. The van der Waals surface area contributed by atoms with E-state index >= 15 is 0 Å². The van der Waals surface area contributed by atoms with E-state index in [0.29, 0.717) is 12.6 Å². The third-order valence-corrected chi connectivity index (χ3v) is 4.83. The summed E-state index contributed by atoms with van der Waals surface area (Å²) < 4.78 is 11.8. The fourth-order valence-corrected chi connectivity index (χ4v) is 3.72. The van der Waals surface area contributed by atoms with Crippen LogP contribution in [0.2, 0.25) is 0 Å². The van der Waals surface area contributed by atoms with E-state index in [1.807, 2.05) is 14.0 Å². The molecule has 1 atom stereocenters. The molecule has 6 nitrogen and oxygen atoms in total. The number of amides is 1. The summed E-state index contributed by atoms with van der Waals surface area (Å²) in [6, 6.07) is 0.447. The van der Waals surface area contributed by atoms with Gasteiger partial charge in [-0.15, -0.1) is 0 Å². The lowest BCUT2D eigenvalue weighted by atomic mass is 9.78. The average molecular weight is 312 g/mol. The van der Waals surface area contributed by atoms with Crippen LogP contribution in [0, 0.1) is 0 Å². The van der Waals surface area contributed by atoms with Gasteiger partial charge in [0, 0.05) is 19.5 Å². The van der Waals surface area contributed by atoms with Crippen LogP contribution in [-0.4, -0.2) is 53.8 Å². The standard InChI is InChI=1S/C16H28N2O4/c1-6-18-13(20)15(3,4)22-16(14(18)21-11(2)19)9-7-12(17-5)8-10-16/h12,14,17H,6-10H2,1-5H3. The summed E-state index contributed by atoms with van der Waals surface area (Å²) in [7, 11) is 1.96. The Bertz CT molecular complexity index is 441. The van der Waals surface area contributed by atoms with Crippen molar-refractivity contribution in [1.29, 1.82) is 0 Å². The van der Waals surface area contributed by atoms with Gasteiger partial charge in [0.25, 0.3) is 5.91 Å². The van der Waals surface area contributed by atoms with Crippen molar-refractivity contribution in [3.63, 3.8) is 0 Å². The number of esters is 1. The zero-order valence-corrected chi connectivity index (χ0v) is 14.3. The van der Waals surface area contributed by atoms with Crippen molar-refractivity contribution in [2.75, 3.05) is 13.6 Å². The molecule has 1 heterocycles. The largest absolute Gasteiger partial charge is 0.438 e. The minimum atomic E-state index is -0.890. The molecule has 1 saturated carbocycles. The number of morpholine rings is 1. The van der Waals surface area contributed by atoms with Crippen LogP contribution in [0.1, 0.15) is 53.4 Å². The third-order valence-electron chi connectivity index (χ3n) is 4.83. The molecule has 2 aliphatic rings. The summed E-state index contributed by atoms with van der Waals surface area (Å²) in [6.45, 7) is 7.39. The van der Waals surface area contributed by atoms with Gasteiger partial charge in [0.15, 0.2) is 0 Å². The fourth-order valence-electron chi connectivity index (χ4n) is 3.72. The highest BCUT2D eigenvalue weighted by Crippen LogP contribution is 2.44. The molecule has 1 unspecified atom stereocenters. The van der Waals surface area contributed by atoms with E-state index in [1.54, 1.807) is 18.7 Å². The molecule has 1 amide bonds. The minimum Gasteiger partial charge on any atom is -0.438 e. The number of carbonyl (C=O) groups is 2. The highest BCUT2D eigenvalue weighted by atomic mass is 16.6. The molecule has 0 bridgehead atoms. The number of hydrogen-bond acceptors (Lipinski definition) is 5. The van der Waals surface area contributed by atoms with Crippen LogP contribution in [0.25, 0.3) is 0 Å². The number of likely N-dealkylation sites (N-methyl/N-ethyl adjacent to an activating group) is 1. The molecular weight excluding hydrogens is 284 g/mol. The fraction of sp³-hybridized carbons (Fsp3) is 0.875. The Morgan fingerprint density at radius 1 is 1.41 bits per heavy atom. The Morgan fingerprint density at radius 2 is 2.00 bits per heavy atom. The number of nitrogens with zero attached hydrogens (tertiary/aromatic N) is 1. The SMILES string of the molecule is CCN1C(=O)C(C)(C)OC2(CCC(NC)CC2)C1OC(C)=O. The lowest BCUT2D eigenvalue weighted by Crippen LogP contribution is -2.70. The minimum absolute atomic E-state index is 0.123. The number of ether oxygens (including phenoxy) is 2. The predicted molar refractivity (Wildman–Crippen MR) is 82.2 cm³/mol. The van der Waals surface area contributed by atoms with Gasteiger partial charge < -0.3 is 19.7 Å². The normalized spacial score (nSPS) is 34.8. The van der Waals surface area contributed by atoms with Crippen molar-refractivity contribution in [1.82, 2.24) is 10.2 Å². The molecule has 1 aliphatic heterocycles. The summed E-state index contributed by atoms with van der Waals surface area (Å²) >= 11 is 0.